The van der Waals surface area contributed by atoms with Crippen molar-refractivity contribution in [3.8, 4) is 5.75 Å². The molecular weight excluding hydrogens is 410 g/mol. The first-order valence-electron chi connectivity index (χ1n) is 9.82. The predicted molar refractivity (Wildman–Crippen MR) is 113 cm³/mol. The summed E-state index contributed by atoms with van der Waals surface area (Å²) in [6.07, 6.45) is -0.191. The molecule has 0 radical (unpaired) electrons. The van der Waals surface area contributed by atoms with E-state index in [1.165, 1.54) is 4.90 Å². The Bertz CT molecular complexity index is 773. The number of ether oxygens (including phenoxy) is 3. The summed E-state index contributed by atoms with van der Waals surface area (Å²) in [4.78, 5) is 38.7. The molecule has 2 rings (SSSR count). The molecule has 0 aliphatic carbocycles. The highest BCUT2D eigenvalue weighted by Gasteiger charge is 2.34. The van der Waals surface area contributed by atoms with Crippen LogP contribution in [0.5, 0.6) is 5.75 Å². The van der Waals surface area contributed by atoms with Crippen molar-refractivity contribution in [3.05, 3.63) is 29.8 Å². The monoisotopic (exact) mass is 437 g/mol. The number of piperazine rings is 1. The number of hydrogen-bond donors (Lipinski definition) is 2. The van der Waals surface area contributed by atoms with E-state index in [-0.39, 0.29) is 30.7 Å². The number of carbonyl (C=O) groups excluding carboxylic acids is 3. The van der Waals surface area contributed by atoms with E-state index in [9.17, 15) is 14.4 Å². The fraction of sp³-hybridized carbons (Fsp3) is 0.500. The van der Waals surface area contributed by atoms with Crippen molar-refractivity contribution in [1.82, 2.24) is 15.5 Å². The van der Waals surface area contributed by atoms with E-state index in [1.54, 1.807) is 24.3 Å². The Hall–Kier alpha value is -2.72. The van der Waals surface area contributed by atoms with Crippen molar-refractivity contribution in [3.63, 3.8) is 0 Å². The molecule has 1 aliphatic heterocycles. The molecule has 9 nitrogen and oxygen atoms in total. The molecule has 10 heteroatoms. The molecule has 1 saturated heterocycles. The van der Waals surface area contributed by atoms with E-state index in [0.29, 0.717) is 37.6 Å². The summed E-state index contributed by atoms with van der Waals surface area (Å²) < 4.78 is 15.7. The molecule has 1 atom stereocenters. The van der Waals surface area contributed by atoms with Crippen LogP contribution >= 0.6 is 12.2 Å². The van der Waals surface area contributed by atoms with Gasteiger partial charge >= 0.3 is 5.97 Å². The summed E-state index contributed by atoms with van der Waals surface area (Å²) in [5.41, 5.74) is 0.329. The van der Waals surface area contributed by atoms with Gasteiger partial charge in [0.25, 0.3) is 5.91 Å². The van der Waals surface area contributed by atoms with Crippen LogP contribution in [0, 0.1) is 0 Å². The molecule has 1 heterocycles. The van der Waals surface area contributed by atoms with Gasteiger partial charge in [0.15, 0.2) is 5.11 Å². The highest BCUT2D eigenvalue weighted by molar-refractivity contribution is 7.80. The number of nitrogens with one attached hydrogen (secondary N) is 2. The minimum absolute atomic E-state index is 0.0632. The molecule has 2 amide bonds. The van der Waals surface area contributed by atoms with Crippen molar-refractivity contribution in [2.75, 3.05) is 39.5 Å². The second-order valence-corrected chi connectivity index (χ2v) is 6.70. The molecule has 2 N–H and O–H groups in total. The predicted octanol–water partition coefficient (Wildman–Crippen LogP) is 0.870. The summed E-state index contributed by atoms with van der Waals surface area (Å²) in [6, 6.07) is 5.93. The Morgan fingerprint density at radius 1 is 1.23 bits per heavy atom. The summed E-state index contributed by atoms with van der Waals surface area (Å²) in [5, 5.41) is 5.40. The number of thiocarbonyl (C=S) groups is 1. The third-order valence-corrected chi connectivity index (χ3v) is 4.64. The van der Waals surface area contributed by atoms with Crippen LogP contribution in [0.3, 0.4) is 0 Å². The molecule has 0 saturated carbocycles. The number of rotatable bonds is 9. The molecule has 1 fully saturated rings. The molecule has 1 aliphatic rings. The minimum atomic E-state index is -0.867. The molecular formula is C20H27N3O6S. The van der Waals surface area contributed by atoms with Crippen molar-refractivity contribution < 1.29 is 28.6 Å². The van der Waals surface area contributed by atoms with Gasteiger partial charge in [0, 0.05) is 19.7 Å². The van der Waals surface area contributed by atoms with Crippen LogP contribution in [-0.2, 0) is 19.1 Å². The highest BCUT2D eigenvalue weighted by Crippen LogP contribution is 2.18. The normalized spacial score (nSPS) is 15.9. The lowest BCUT2D eigenvalue weighted by Crippen LogP contribution is -2.60. The number of esters is 1. The fourth-order valence-electron chi connectivity index (χ4n) is 2.91. The van der Waals surface area contributed by atoms with Crippen LogP contribution in [0.1, 0.15) is 30.6 Å². The van der Waals surface area contributed by atoms with E-state index in [0.717, 1.165) is 0 Å². The topological polar surface area (TPSA) is 106 Å². The Morgan fingerprint density at radius 3 is 2.73 bits per heavy atom. The Labute approximate surface area is 181 Å². The number of amides is 2. The standard InChI is InChI=1S/C20H27N3O6S/c1-3-27-11-12-29-17(24)13-15-19(26)21-9-10-23(15)20(30)22-18(25)14-7-5-6-8-16(14)28-4-2/h5-8,15H,3-4,9-13H2,1-2H3,(H,21,26)(H,22,25,30). The average Bonchev–Trinajstić information content (AvgIpc) is 2.73. The minimum Gasteiger partial charge on any atom is -0.493 e. The van der Waals surface area contributed by atoms with Gasteiger partial charge in [0.1, 0.15) is 18.4 Å². The van der Waals surface area contributed by atoms with Crippen LogP contribution in [0.25, 0.3) is 0 Å². The second-order valence-electron chi connectivity index (χ2n) is 6.31. The molecule has 164 valence electrons. The van der Waals surface area contributed by atoms with E-state index >= 15 is 0 Å². The maximum absolute atomic E-state index is 12.7. The molecule has 0 bridgehead atoms. The van der Waals surface area contributed by atoms with Gasteiger partial charge in [-0.25, -0.2) is 0 Å². The smallest absolute Gasteiger partial charge is 0.308 e. The molecule has 0 spiro atoms. The summed E-state index contributed by atoms with van der Waals surface area (Å²) >= 11 is 5.36. The molecule has 1 aromatic rings. The first kappa shape index (κ1) is 23.6. The third-order valence-electron chi connectivity index (χ3n) is 4.30. The highest BCUT2D eigenvalue weighted by atomic mass is 32.1. The zero-order valence-corrected chi connectivity index (χ0v) is 18.0. The number of benzene rings is 1. The van der Waals surface area contributed by atoms with Gasteiger partial charge in [-0.3, -0.25) is 19.7 Å². The van der Waals surface area contributed by atoms with E-state index in [1.807, 2.05) is 13.8 Å². The second kappa shape index (κ2) is 12.1. The Morgan fingerprint density at radius 2 is 2.00 bits per heavy atom. The SMILES string of the molecule is CCOCCOC(=O)CC1C(=O)NCCN1C(=S)NC(=O)c1ccccc1OCC. The zero-order valence-electron chi connectivity index (χ0n) is 17.1. The van der Waals surface area contributed by atoms with Gasteiger partial charge in [-0.05, 0) is 38.2 Å². The maximum Gasteiger partial charge on any atom is 0.308 e. The maximum atomic E-state index is 12.7. The fourth-order valence-corrected chi connectivity index (χ4v) is 3.22. The lowest BCUT2D eigenvalue weighted by Gasteiger charge is -2.36. The van der Waals surface area contributed by atoms with Crippen LogP contribution in [0.2, 0.25) is 0 Å². The molecule has 1 aromatic carbocycles. The lowest BCUT2D eigenvalue weighted by molar-refractivity contribution is -0.148. The van der Waals surface area contributed by atoms with Crippen molar-refractivity contribution in [2.45, 2.75) is 26.3 Å². The first-order valence-corrected chi connectivity index (χ1v) is 10.2. The third kappa shape index (κ3) is 6.67. The molecule has 30 heavy (non-hydrogen) atoms. The van der Waals surface area contributed by atoms with Crippen LogP contribution in [-0.4, -0.2) is 73.4 Å². The van der Waals surface area contributed by atoms with Crippen LogP contribution in [0.15, 0.2) is 24.3 Å². The summed E-state index contributed by atoms with van der Waals surface area (Å²) in [6.45, 7) is 5.70. The number of hydrogen-bond acceptors (Lipinski definition) is 7. The molecule has 0 aromatic heterocycles. The number of carbonyl (C=O) groups is 3. The van der Waals surface area contributed by atoms with Gasteiger partial charge in [-0.1, -0.05) is 12.1 Å². The van der Waals surface area contributed by atoms with Crippen molar-refractivity contribution >= 4 is 35.1 Å². The van der Waals surface area contributed by atoms with Gasteiger partial charge in [-0.15, -0.1) is 0 Å². The van der Waals surface area contributed by atoms with E-state index in [2.05, 4.69) is 10.6 Å². The van der Waals surface area contributed by atoms with Gasteiger partial charge in [0.05, 0.1) is 25.2 Å². The Balaban J connectivity index is 2.02. The van der Waals surface area contributed by atoms with Crippen molar-refractivity contribution in [1.29, 1.82) is 0 Å². The van der Waals surface area contributed by atoms with Gasteiger partial charge < -0.3 is 24.4 Å². The Kier molecular flexibility index (Phi) is 9.49. The number of nitrogens with zero attached hydrogens (tertiary/aromatic N) is 1. The largest absolute Gasteiger partial charge is 0.493 e. The quantitative estimate of drug-likeness (QED) is 0.333. The van der Waals surface area contributed by atoms with E-state index < -0.39 is 17.9 Å². The summed E-state index contributed by atoms with van der Waals surface area (Å²) in [5.74, 6) is -0.911. The van der Waals surface area contributed by atoms with Gasteiger partial charge in [-0.2, -0.15) is 0 Å². The average molecular weight is 438 g/mol. The lowest BCUT2D eigenvalue weighted by atomic mass is 10.1. The van der Waals surface area contributed by atoms with Crippen LogP contribution in [0.4, 0.5) is 0 Å². The number of para-hydroxylation sites is 1. The molecule has 1 unspecified atom stereocenters. The summed E-state index contributed by atoms with van der Waals surface area (Å²) in [7, 11) is 0. The van der Waals surface area contributed by atoms with Crippen molar-refractivity contribution in [2.24, 2.45) is 0 Å². The van der Waals surface area contributed by atoms with Crippen LogP contribution < -0.4 is 15.4 Å². The van der Waals surface area contributed by atoms with Gasteiger partial charge in [0.2, 0.25) is 5.91 Å². The van der Waals surface area contributed by atoms with E-state index in [4.69, 9.17) is 26.4 Å². The first-order chi connectivity index (χ1) is 14.5. The zero-order chi connectivity index (χ0) is 21.9.